The van der Waals surface area contributed by atoms with Gasteiger partial charge in [0.2, 0.25) is 11.8 Å². The van der Waals surface area contributed by atoms with Gasteiger partial charge in [0.15, 0.2) is 0 Å². The molecule has 2 N–H and O–H groups in total. The van der Waals surface area contributed by atoms with Crippen LogP contribution in [-0.4, -0.2) is 22.5 Å². The van der Waals surface area contributed by atoms with Gasteiger partial charge in [-0.25, -0.2) is 10.4 Å². The Balaban J connectivity index is 2.46. The Hall–Kier alpha value is -1.95. The van der Waals surface area contributed by atoms with Gasteiger partial charge in [0.05, 0.1) is 11.4 Å². The van der Waals surface area contributed by atoms with E-state index >= 15 is 0 Å². The summed E-state index contributed by atoms with van der Waals surface area (Å²) in [7, 11) is 0. The van der Waals surface area contributed by atoms with Crippen LogP contribution in [0.2, 0.25) is 5.02 Å². The average molecular weight is 283 g/mol. The Morgan fingerprint density at radius 3 is 2.68 bits per heavy atom. The molecule has 0 aliphatic rings. The van der Waals surface area contributed by atoms with E-state index in [0.717, 1.165) is 0 Å². The van der Waals surface area contributed by atoms with Crippen LogP contribution in [0.25, 0.3) is 0 Å². The number of hydrogen-bond donors (Lipinski definition) is 2. The second-order valence-electron chi connectivity index (χ2n) is 3.82. The predicted molar refractivity (Wildman–Crippen MR) is 74.0 cm³/mol. The molecule has 1 aromatic rings. The Kier molecular flexibility index (Phi) is 5.95. The summed E-state index contributed by atoms with van der Waals surface area (Å²) in [5, 5.41) is 6.90. The first-order valence-electron chi connectivity index (χ1n) is 5.74. The molecule has 0 aliphatic heterocycles. The molecule has 0 atom stereocenters. The summed E-state index contributed by atoms with van der Waals surface area (Å²) in [5.41, 5.74) is 2.85. The van der Waals surface area contributed by atoms with Crippen LogP contribution >= 0.6 is 11.6 Å². The van der Waals surface area contributed by atoms with Crippen LogP contribution in [-0.2, 0) is 9.59 Å². The molecule has 0 unspecified atom stereocenters. The molecule has 0 saturated carbocycles. The number of carbonyl (C=O) groups excluding carboxylic acids is 2. The SMILES string of the molecule is CCC(=O)NN=C(C)CC(=O)Nc1ccc(Cl)cn1. The molecule has 0 aromatic carbocycles. The van der Waals surface area contributed by atoms with E-state index in [1.165, 1.54) is 6.20 Å². The Morgan fingerprint density at radius 1 is 1.37 bits per heavy atom. The predicted octanol–water partition coefficient (Wildman–Crippen LogP) is 1.97. The van der Waals surface area contributed by atoms with Gasteiger partial charge in [-0.1, -0.05) is 18.5 Å². The smallest absolute Gasteiger partial charge is 0.239 e. The van der Waals surface area contributed by atoms with Gasteiger partial charge in [0.25, 0.3) is 0 Å². The second kappa shape index (κ2) is 7.48. The van der Waals surface area contributed by atoms with Gasteiger partial charge in [-0.05, 0) is 19.1 Å². The number of amides is 2. The van der Waals surface area contributed by atoms with Crippen molar-refractivity contribution in [1.29, 1.82) is 0 Å². The van der Waals surface area contributed by atoms with Crippen LogP contribution in [0.4, 0.5) is 5.82 Å². The van der Waals surface area contributed by atoms with Crippen LogP contribution in [0.1, 0.15) is 26.7 Å². The standard InChI is InChI=1S/C12H15ClN4O2/c1-3-11(18)17-16-8(2)6-12(19)15-10-5-4-9(13)7-14-10/h4-5,7H,3,6H2,1-2H3,(H,17,18)(H,14,15,19). The lowest BCUT2D eigenvalue weighted by atomic mass is 10.3. The van der Waals surface area contributed by atoms with Crippen molar-refractivity contribution in [2.75, 3.05) is 5.32 Å². The summed E-state index contributed by atoms with van der Waals surface area (Å²) in [6, 6.07) is 3.23. The highest BCUT2D eigenvalue weighted by atomic mass is 35.5. The lowest BCUT2D eigenvalue weighted by Gasteiger charge is -2.04. The van der Waals surface area contributed by atoms with Crippen molar-refractivity contribution in [1.82, 2.24) is 10.4 Å². The summed E-state index contributed by atoms with van der Waals surface area (Å²) in [6.07, 6.45) is 1.87. The maximum absolute atomic E-state index is 11.6. The number of hydrazone groups is 1. The molecule has 19 heavy (non-hydrogen) atoms. The third-order valence-corrected chi connectivity index (χ3v) is 2.33. The summed E-state index contributed by atoms with van der Waals surface area (Å²) in [5.74, 6) is -0.0410. The largest absolute Gasteiger partial charge is 0.310 e. The molecule has 1 aromatic heterocycles. The summed E-state index contributed by atoms with van der Waals surface area (Å²) < 4.78 is 0. The second-order valence-corrected chi connectivity index (χ2v) is 4.26. The maximum atomic E-state index is 11.6. The molecule has 1 rings (SSSR count). The molecule has 102 valence electrons. The summed E-state index contributed by atoms with van der Waals surface area (Å²) in [6.45, 7) is 3.38. The minimum atomic E-state index is -0.262. The van der Waals surface area contributed by atoms with Crippen molar-refractivity contribution in [3.05, 3.63) is 23.4 Å². The zero-order valence-electron chi connectivity index (χ0n) is 10.7. The lowest BCUT2D eigenvalue weighted by Crippen LogP contribution is -2.20. The van der Waals surface area contributed by atoms with Gasteiger partial charge < -0.3 is 5.32 Å². The van der Waals surface area contributed by atoms with Crippen LogP contribution in [0.15, 0.2) is 23.4 Å². The van der Waals surface area contributed by atoms with E-state index in [-0.39, 0.29) is 18.2 Å². The number of carbonyl (C=O) groups is 2. The zero-order valence-corrected chi connectivity index (χ0v) is 11.5. The number of halogens is 1. The van der Waals surface area contributed by atoms with E-state index in [4.69, 9.17) is 11.6 Å². The molecular formula is C12H15ClN4O2. The van der Waals surface area contributed by atoms with Crippen LogP contribution in [0.3, 0.4) is 0 Å². The minimum absolute atomic E-state index is 0.0777. The molecule has 0 aliphatic carbocycles. The van der Waals surface area contributed by atoms with Gasteiger partial charge in [0, 0.05) is 18.3 Å². The zero-order chi connectivity index (χ0) is 14.3. The number of rotatable bonds is 5. The van der Waals surface area contributed by atoms with Crippen LogP contribution in [0, 0.1) is 0 Å². The van der Waals surface area contributed by atoms with Crippen molar-refractivity contribution < 1.29 is 9.59 Å². The molecule has 0 fully saturated rings. The van der Waals surface area contributed by atoms with Gasteiger partial charge in [-0.2, -0.15) is 5.10 Å². The quantitative estimate of drug-likeness (QED) is 0.640. The van der Waals surface area contributed by atoms with E-state index < -0.39 is 0 Å². The molecule has 1 heterocycles. The fraction of sp³-hybridized carbons (Fsp3) is 0.333. The third kappa shape index (κ3) is 5.96. The summed E-state index contributed by atoms with van der Waals surface area (Å²) in [4.78, 5) is 26.6. The van der Waals surface area contributed by atoms with E-state index in [2.05, 4.69) is 20.8 Å². The molecule has 0 spiro atoms. The first-order chi connectivity index (χ1) is 9.01. The first-order valence-corrected chi connectivity index (χ1v) is 6.12. The third-order valence-electron chi connectivity index (χ3n) is 2.10. The van der Waals surface area contributed by atoms with Crippen molar-refractivity contribution >= 4 is 34.9 Å². The Morgan fingerprint density at radius 2 is 2.11 bits per heavy atom. The number of aromatic nitrogens is 1. The van der Waals surface area contributed by atoms with Crippen molar-refractivity contribution in [3.63, 3.8) is 0 Å². The van der Waals surface area contributed by atoms with E-state index in [9.17, 15) is 9.59 Å². The monoisotopic (exact) mass is 282 g/mol. The van der Waals surface area contributed by atoms with Crippen molar-refractivity contribution in [2.45, 2.75) is 26.7 Å². The topological polar surface area (TPSA) is 83.5 Å². The molecule has 0 saturated heterocycles. The van der Waals surface area contributed by atoms with Gasteiger partial charge >= 0.3 is 0 Å². The van der Waals surface area contributed by atoms with Crippen molar-refractivity contribution in [3.8, 4) is 0 Å². The number of pyridine rings is 1. The number of nitrogens with one attached hydrogen (secondary N) is 2. The Labute approximate surface area is 116 Å². The highest BCUT2D eigenvalue weighted by Crippen LogP contribution is 2.09. The molecule has 7 heteroatoms. The molecule has 0 bridgehead atoms. The van der Waals surface area contributed by atoms with Crippen LogP contribution in [0.5, 0.6) is 0 Å². The molecule has 0 radical (unpaired) electrons. The normalized spacial score (nSPS) is 11.0. The van der Waals surface area contributed by atoms with E-state index in [1.54, 1.807) is 26.0 Å². The average Bonchev–Trinajstić information content (AvgIpc) is 2.38. The van der Waals surface area contributed by atoms with Crippen LogP contribution < -0.4 is 10.7 Å². The number of anilines is 1. The molecular weight excluding hydrogens is 268 g/mol. The number of hydrogen-bond acceptors (Lipinski definition) is 4. The van der Waals surface area contributed by atoms with E-state index in [1.807, 2.05) is 0 Å². The summed E-state index contributed by atoms with van der Waals surface area (Å²) >= 11 is 5.68. The van der Waals surface area contributed by atoms with Crippen molar-refractivity contribution in [2.24, 2.45) is 5.10 Å². The minimum Gasteiger partial charge on any atom is -0.310 e. The molecule has 6 nitrogen and oxygen atoms in total. The van der Waals surface area contributed by atoms with Gasteiger partial charge in [-0.15, -0.1) is 0 Å². The fourth-order valence-corrected chi connectivity index (χ4v) is 1.26. The highest BCUT2D eigenvalue weighted by Gasteiger charge is 2.05. The van der Waals surface area contributed by atoms with Gasteiger partial charge in [-0.3, -0.25) is 9.59 Å². The molecule has 2 amide bonds. The lowest BCUT2D eigenvalue weighted by molar-refractivity contribution is -0.121. The number of nitrogens with zero attached hydrogens (tertiary/aromatic N) is 2. The first kappa shape index (κ1) is 15.1. The fourth-order valence-electron chi connectivity index (χ4n) is 1.15. The van der Waals surface area contributed by atoms with E-state index in [0.29, 0.717) is 23.0 Å². The van der Waals surface area contributed by atoms with Gasteiger partial charge in [0.1, 0.15) is 5.82 Å². The Bertz CT molecular complexity index is 485. The highest BCUT2D eigenvalue weighted by molar-refractivity contribution is 6.30. The maximum Gasteiger partial charge on any atom is 0.239 e.